The van der Waals surface area contributed by atoms with Gasteiger partial charge in [-0.3, -0.25) is 14.5 Å². The van der Waals surface area contributed by atoms with Gasteiger partial charge in [-0.15, -0.1) is 0 Å². The van der Waals surface area contributed by atoms with Crippen molar-refractivity contribution < 1.29 is 14.0 Å². The fourth-order valence-electron chi connectivity index (χ4n) is 3.94. The molecule has 3 aromatic rings. The monoisotopic (exact) mass is 393 g/mol. The van der Waals surface area contributed by atoms with E-state index in [-0.39, 0.29) is 17.5 Å². The van der Waals surface area contributed by atoms with E-state index in [2.05, 4.69) is 9.88 Å². The molecule has 4 rings (SSSR count). The molecular formula is C23H24FN3O2. The topological polar surface area (TPSA) is 56.4 Å². The van der Waals surface area contributed by atoms with Crippen LogP contribution in [0.5, 0.6) is 0 Å². The first kappa shape index (κ1) is 19.3. The van der Waals surface area contributed by atoms with E-state index in [0.717, 1.165) is 22.2 Å². The molecule has 6 heteroatoms. The lowest BCUT2D eigenvalue weighted by molar-refractivity contribution is 0.0624. The van der Waals surface area contributed by atoms with Crippen molar-refractivity contribution in [1.82, 2.24) is 14.8 Å². The van der Waals surface area contributed by atoms with Crippen LogP contribution in [-0.4, -0.2) is 59.2 Å². The molecule has 1 aromatic heterocycles. The van der Waals surface area contributed by atoms with E-state index in [0.29, 0.717) is 43.9 Å². The summed E-state index contributed by atoms with van der Waals surface area (Å²) in [6, 6.07) is 12.4. The lowest BCUT2D eigenvalue weighted by Crippen LogP contribution is -2.50. The van der Waals surface area contributed by atoms with Crippen LogP contribution in [0.3, 0.4) is 0 Å². The number of ketones is 1. The summed E-state index contributed by atoms with van der Waals surface area (Å²) in [6.07, 6.45) is 0. The summed E-state index contributed by atoms with van der Waals surface area (Å²) >= 11 is 0. The standard InChI is InChI=1S/C23H24FN3O2/c1-15-7-8-17(13-19(15)24)23(29)27-11-9-26(10-12-27)14-21(28)22-16(2)25-20-6-4-3-5-18(20)22/h3-8,13,25H,9-12,14H2,1-2H3. The minimum atomic E-state index is -0.366. The Morgan fingerprint density at radius 2 is 1.76 bits per heavy atom. The van der Waals surface area contributed by atoms with Crippen LogP contribution in [0.1, 0.15) is 32.0 Å². The SMILES string of the molecule is Cc1ccc(C(=O)N2CCN(CC(=O)c3c(C)[nH]c4ccccc34)CC2)cc1F. The number of H-pyrrole nitrogens is 1. The lowest BCUT2D eigenvalue weighted by atomic mass is 10.1. The average Bonchev–Trinajstić information content (AvgIpc) is 3.06. The number of Topliss-reactive ketones (excluding diaryl/α,β-unsaturated/α-hetero) is 1. The van der Waals surface area contributed by atoms with Gasteiger partial charge in [0, 0.05) is 53.9 Å². The molecule has 1 fully saturated rings. The third kappa shape index (κ3) is 3.80. The molecule has 5 nitrogen and oxygen atoms in total. The number of para-hydroxylation sites is 1. The molecule has 0 spiro atoms. The second-order valence-corrected chi connectivity index (χ2v) is 7.63. The first-order valence-corrected chi connectivity index (χ1v) is 9.82. The van der Waals surface area contributed by atoms with Crippen molar-refractivity contribution >= 4 is 22.6 Å². The number of benzene rings is 2. The number of carbonyl (C=O) groups is 2. The predicted octanol–water partition coefficient (Wildman–Crippen LogP) is 3.56. The zero-order valence-electron chi connectivity index (χ0n) is 16.7. The van der Waals surface area contributed by atoms with Gasteiger partial charge in [-0.2, -0.15) is 0 Å². The van der Waals surface area contributed by atoms with Crippen LogP contribution in [0.4, 0.5) is 4.39 Å². The minimum absolute atomic E-state index is 0.0836. The Kier molecular flexibility index (Phi) is 5.20. The number of halogens is 1. The maximum absolute atomic E-state index is 13.8. The van der Waals surface area contributed by atoms with Gasteiger partial charge in [0.25, 0.3) is 5.91 Å². The summed E-state index contributed by atoms with van der Waals surface area (Å²) < 4.78 is 13.8. The molecule has 1 saturated heterocycles. The number of carbonyl (C=O) groups excluding carboxylic acids is 2. The van der Waals surface area contributed by atoms with Crippen LogP contribution in [-0.2, 0) is 0 Å². The van der Waals surface area contributed by atoms with Gasteiger partial charge < -0.3 is 9.88 Å². The Labute approximate surface area is 169 Å². The normalized spacial score (nSPS) is 15.1. The second-order valence-electron chi connectivity index (χ2n) is 7.63. The third-order valence-electron chi connectivity index (χ3n) is 5.62. The van der Waals surface area contributed by atoms with Gasteiger partial charge in [0.2, 0.25) is 0 Å². The van der Waals surface area contributed by atoms with Crippen molar-refractivity contribution in [2.24, 2.45) is 0 Å². The van der Waals surface area contributed by atoms with E-state index in [1.165, 1.54) is 6.07 Å². The van der Waals surface area contributed by atoms with Crippen molar-refractivity contribution in [3.63, 3.8) is 0 Å². The van der Waals surface area contributed by atoms with Gasteiger partial charge in [0.05, 0.1) is 6.54 Å². The van der Waals surface area contributed by atoms with Crippen molar-refractivity contribution in [3.05, 3.63) is 70.7 Å². The molecule has 0 atom stereocenters. The maximum atomic E-state index is 13.8. The van der Waals surface area contributed by atoms with Gasteiger partial charge in [-0.05, 0) is 37.6 Å². The number of aromatic amines is 1. The van der Waals surface area contributed by atoms with Gasteiger partial charge in [0.1, 0.15) is 5.82 Å². The van der Waals surface area contributed by atoms with Gasteiger partial charge in [-0.1, -0.05) is 24.3 Å². The second kappa shape index (κ2) is 7.79. The molecule has 1 aliphatic rings. The van der Waals surface area contributed by atoms with Crippen LogP contribution >= 0.6 is 0 Å². The number of amides is 1. The van der Waals surface area contributed by atoms with Crippen molar-refractivity contribution in [2.75, 3.05) is 32.7 Å². The molecule has 29 heavy (non-hydrogen) atoms. The Balaban J connectivity index is 1.39. The molecule has 2 aromatic carbocycles. The molecule has 0 bridgehead atoms. The van der Waals surface area contributed by atoms with Gasteiger partial charge in [0.15, 0.2) is 5.78 Å². The summed E-state index contributed by atoms with van der Waals surface area (Å²) in [5.74, 6) is -0.447. The molecule has 0 saturated carbocycles. The fraction of sp³-hybridized carbons (Fsp3) is 0.304. The summed E-state index contributed by atoms with van der Waals surface area (Å²) in [5.41, 5.74) is 3.49. The fourth-order valence-corrected chi connectivity index (χ4v) is 3.94. The highest BCUT2D eigenvalue weighted by Crippen LogP contribution is 2.23. The van der Waals surface area contributed by atoms with Gasteiger partial charge in [-0.25, -0.2) is 4.39 Å². The van der Waals surface area contributed by atoms with E-state index >= 15 is 0 Å². The Hall–Kier alpha value is -2.99. The highest BCUT2D eigenvalue weighted by Gasteiger charge is 2.25. The Morgan fingerprint density at radius 1 is 1.03 bits per heavy atom. The minimum Gasteiger partial charge on any atom is -0.358 e. The number of hydrogen-bond acceptors (Lipinski definition) is 3. The number of aryl methyl sites for hydroxylation is 2. The molecule has 0 unspecified atom stereocenters. The van der Waals surface area contributed by atoms with Crippen LogP contribution in [0, 0.1) is 19.7 Å². The van der Waals surface area contributed by atoms with Crippen LogP contribution < -0.4 is 0 Å². The number of rotatable bonds is 4. The van der Waals surface area contributed by atoms with Crippen LogP contribution in [0.15, 0.2) is 42.5 Å². The predicted molar refractivity (Wildman–Crippen MR) is 111 cm³/mol. The number of nitrogens with zero attached hydrogens (tertiary/aromatic N) is 2. The lowest BCUT2D eigenvalue weighted by Gasteiger charge is -2.34. The van der Waals surface area contributed by atoms with E-state index in [1.807, 2.05) is 31.2 Å². The number of hydrogen-bond donors (Lipinski definition) is 1. The number of aromatic nitrogens is 1. The van der Waals surface area contributed by atoms with Crippen molar-refractivity contribution in [3.8, 4) is 0 Å². The van der Waals surface area contributed by atoms with Crippen LogP contribution in [0.25, 0.3) is 10.9 Å². The Morgan fingerprint density at radius 3 is 2.48 bits per heavy atom. The quantitative estimate of drug-likeness (QED) is 0.690. The highest BCUT2D eigenvalue weighted by molar-refractivity contribution is 6.10. The van der Waals surface area contributed by atoms with E-state index in [1.54, 1.807) is 24.0 Å². The number of piperazine rings is 1. The maximum Gasteiger partial charge on any atom is 0.254 e. The van der Waals surface area contributed by atoms with E-state index in [9.17, 15) is 14.0 Å². The van der Waals surface area contributed by atoms with E-state index < -0.39 is 0 Å². The zero-order chi connectivity index (χ0) is 20.5. The summed E-state index contributed by atoms with van der Waals surface area (Å²) in [5, 5.41) is 0.949. The first-order valence-electron chi connectivity index (χ1n) is 9.82. The summed E-state index contributed by atoms with van der Waals surface area (Å²) in [4.78, 5) is 32.6. The number of nitrogens with one attached hydrogen (secondary N) is 1. The van der Waals surface area contributed by atoms with Crippen LogP contribution in [0.2, 0.25) is 0 Å². The molecule has 2 heterocycles. The smallest absolute Gasteiger partial charge is 0.254 e. The molecule has 0 radical (unpaired) electrons. The molecule has 1 N–H and O–H groups in total. The average molecular weight is 393 g/mol. The summed E-state index contributed by atoms with van der Waals surface area (Å²) in [7, 11) is 0. The molecule has 0 aliphatic carbocycles. The zero-order valence-corrected chi connectivity index (χ0v) is 16.7. The molecule has 1 amide bonds. The molecular weight excluding hydrogens is 369 g/mol. The van der Waals surface area contributed by atoms with E-state index in [4.69, 9.17) is 0 Å². The highest BCUT2D eigenvalue weighted by atomic mass is 19.1. The van der Waals surface area contributed by atoms with Crippen molar-refractivity contribution in [2.45, 2.75) is 13.8 Å². The summed E-state index contributed by atoms with van der Waals surface area (Å²) in [6.45, 7) is 6.20. The number of fused-ring (bicyclic) bond motifs is 1. The Bertz CT molecular complexity index is 1080. The third-order valence-corrected chi connectivity index (χ3v) is 5.62. The van der Waals surface area contributed by atoms with Crippen molar-refractivity contribution in [1.29, 1.82) is 0 Å². The first-order chi connectivity index (χ1) is 13.9. The van der Waals surface area contributed by atoms with Gasteiger partial charge >= 0.3 is 0 Å². The molecule has 150 valence electrons. The largest absolute Gasteiger partial charge is 0.358 e. The molecule has 1 aliphatic heterocycles.